The third kappa shape index (κ3) is 25.3. The number of aliphatic hydroxyl groups excluding tert-OH is 3. The molecule has 0 aromatic carbocycles. The van der Waals surface area contributed by atoms with Crippen LogP contribution in [-0.4, -0.2) is 81.8 Å². The molecule has 0 aliphatic rings. The minimum absolute atomic E-state index is 0. The van der Waals surface area contributed by atoms with Gasteiger partial charge in [0.15, 0.2) is 0 Å². The average molecular weight is 299 g/mol. The second kappa shape index (κ2) is 19.8. The smallest absolute Gasteiger partial charge is 0.328 e. The molecule has 10 nitrogen and oxygen atoms in total. The van der Waals surface area contributed by atoms with E-state index in [-0.39, 0.29) is 32.1 Å². The first-order valence-electron chi connectivity index (χ1n) is 5.16. The highest BCUT2D eigenvalue weighted by Crippen LogP contribution is 1.84. The standard InChI is InChI=1S/C6H15NO3.C4H4O4.2H3N/c8-4-1-7(2-5-9)3-6-10;5-3(6)1-2-4(7)8;;/h8-10H,1-6H2;1-2H,(H,5,6)(H,7,8);2*1H3/b;2-1-;;. The Morgan fingerprint density at radius 2 is 1.00 bits per heavy atom. The van der Waals surface area contributed by atoms with Gasteiger partial charge in [0.25, 0.3) is 0 Å². The fraction of sp³-hybridized carbons (Fsp3) is 0.600. The van der Waals surface area contributed by atoms with E-state index in [2.05, 4.69) is 0 Å². The zero-order valence-corrected chi connectivity index (χ0v) is 11.3. The lowest BCUT2D eigenvalue weighted by molar-refractivity contribution is -0.134. The first-order chi connectivity index (χ1) is 8.47. The van der Waals surface area contributed by atoms with Gasteiger partial charge in [-0.1, -0.05) is 0 Å². The van der Waals surface area contributed by atoms with Gasteiger partial charge in [0.05, 0.1) is 19.8 Å². The van der Waals surface area contributed by atoms with Crippen molar-refractivity contribution in [3.05, 3.63) is 12.2 Å². The Morgan fingerprint density at radius 1 is 0.750 bits per heavy atom. The zero-order chi connectivity index (χ0) is 14.4. The van der Waals surface area contributed by atoms with Gasteiger partial charge in [0.2, 0.25) is 0 Å². The van der Waals surface area contributed by atoms with Crippen molar-refractivity contribution in [3.8, 4) is 0 Å². The van der Waals surface area contributed by atoms with Crippen LogP contribution in [0.4, 0.5) is 0 Å². The zero-order valence-electron chi connectivity index (χ0n) is 11.3. The third-order valence-electron chi connectivity index (χ3n) is 1.62. The summed E-state index contributed by atoms with van der Waals surface area (Å²) in [7, 11) is 0. The molecule has 0 atom stereocenters. The van der Waals surface area contributed by atoms with Crippen molar-refractivity contribution >= 4 is 11.9 Å². The summed E-state index contributed by atoms with van der Waals surface area (Å²) in [5.41, 5.74) is 0. The maximum atomic E-state index is 9.55. The van der Waals surface area contributed by atoms with Gasteiger partial charge < -0.3 is 37.8 Å². The highest BCUT2D eigenvalue weighted by molar-refractivity contribution is 5.89. The monoisotopic (exact) mass is 299 g/mol. The molecule has 0 aliphatic heterocycles. The number of carbonyl (C=O) groups is 2. The van der Waals surface area contributed by atoms with Crippen LogP contribution < -0.4 is 12.3 Å². The molecule has 0 saturated carbocycles. The Hall–Kier alpha value is -1.56. The molecule has 0 saturated heterocycles. The Labute approximate surface area is 117 Å². The number of rotatable bonds is 8. The summed E-state index contributed by atoms with van der Waals surface area (Å²) >= 11 is 0. The van der Waals surface area contributed by atoms with Crippen LogP contribution in [0.1, 0.15) is 0 Å². The van der Waals surface area contributed by atoms with Crippen molar-refractivity contribution in [2.75, 3.05) is 39.5 Å². The van der Waals surface area contributed by atoms with Crippen molar-refractivity contribution in [1.29, 1.82) is 0 Å². The molecule has 122 valence electrons. The molecule has 0 spiro atoms. The van der Waals surface area contributed by atoms with Crippen LogP contribution in [0.3, 0.4) is 0 Å². The van der Waals surface area contributed by atoms with Crippen molar-refractivity contribution < 1.29 is 35.1 Å². The van der Waals surface area contributed by atoms with E-state index < -0.39 is 11.9 Å². The first-order valence-corrected chi connectivity index (χ1v) is 5.16. The average Bonchev–Trinajstić information content (AvgIpc) is 2.28. The minimum atomic E-state index is -1.26. The summed E-state index contributed by atoms with van der Waals surface area (Å²) in [6.07, 6.45) is 1.12. The second-order valence-electron chi connectivity index (χ2n) is 3.02. The van der Waals surface area contributed by atoms with E-state index in [4.69, 9.17) is 25.5 Å². The molecule has 0 rings (SSSR count). The van der Waals surface area contributed by atoms with Crippen LogP contribution in [0.2, 0.25) is 0 Å². The van der Waals surface area contributed by atoms with E-state index in [1.807, 2.05) is 0 Å². The summed E-state index contributed by atoms with van der Waals surface area (Å²) < 4.78 is 0. The van der Waals surface area contributed by atoms with Crippen molar-refractivity contribution in [2.24, 2.45) is 0 Å². The fourth-order valence-corrected chi connectivity index (χ4v) is 0.902. The van der Waals surface area contributed by atoms with Crippen LogP contribution in [0.5, 0.6) is 0 Å². The molecule has 0 aliphatic carbocycles. The number of hydrogen-bond acceptors (Lipinski definition) is 8. The van der Waals surface area contributed by atoms with Crippen LogP contribution in [-0.2, 0) is 9.59 Å². The summed E-state index contributed by atoms with van der Waals surface area (Å²) in [6.45, 7) is 1.75. The van der Waals surface area contributed by atoms with Gasteiger partial charge in [0, 0.05) is 31.8 Å². The van der Waals surface area contributed by atoms with Crippen LogP contribution >= 0.6 is 0 Å². The molecular formula is C10H25N3O7. The lowest BCUT2D eigenvalue weighted by atomic mass is 10.4. The third-order valence-corrected chi connectivity index (χ3v) is 1.62. The first kappa shape index (κ1) is 26.9. The molecule has 0 fully saturated rings. The Bertz CT molecular complexity index is 231. The quantitative estimate of drug-likeness (QED) is 0.252. The Kier molecular flexibility index (Phi) is 26.6. The van der Waals surface area contributed by atoms with Gasteiger partial charge >= 0.3 is 11.9 Å². The second-order valence-corrected chi connectivity index (χ2v) is 3.02. The molecule has 11 N–H and O–H groups in total. The van der Waals surface area contributed by atoms with Gasteiger partial charge in [-0.2, -0.15) is 0 Å². The van der Waals surface area contributed by atoms with E-state index in [0.29, 0.717) is 31.8 Å². The summed E-state index contributed by atoms with van der Waals surface area (Å²) in [5, 5.41) is 41.1. The topological polar surface area (TPSA) is 209 Å². The van der Waals surface area contributed by atoms with Gasteiger partial charge in [0.1, 0.15) is 0 Å². The normalized spacial score (nSPS) is 9.20. The molecule has 0 heterocycles. The minimum Gasteiger partial charge on any atom is -0.478 e. The molecule has 0 unspecified atom stereocenters. The van der Waals surface area contributed by atoms with Crippen molar-refractivity contribution in [3.63, 3.8) is 0 Å². The van der Waals surface area contributed by atoms with E-state index in [1.54, 1.807) is 4.90 Å². The van der Waals surface area contributed by atoms with Crippen LogP contribution in [0, 0.1) is 0 Å². The highest BCUT2D eigenvalue weighted by atomic mass is 16.4. The lowest BCUT2D eigenvalue weighted by Crippen LogP contribution is -2.32. The SMILES string of the molecule is N.N.O=C(O)/C=C\C(=O)O.OCCN(CCO)CCO. The van der Waals surface area contributed by atoms with Gasteiger partial charge in [-0.3, -0.25) is 4.90 Å². The number of hydrogen-bond donors (Lipinski definition) is 7. The van der Waals surface area contributed by atoms with Gasteiger partial charge in [-0.25, -0.2) is 9.59 Å². The van der Waals surface area contributed by atoms with Gasteiger partial charge in [-0.15, -0.1) is 0 Å². The predicted octanol–water partition coefficient (Wildman–Crippen LogP) is -1.70. The molecular weight excluding hydrogens is 274 g/mol. The van der Waals surface area contributed by atoms with Crippen molar-refractivity contribution in [1.82, 2.24) is 17.2 Å². The van der Waals surface area contributed by atoms with Crippen LogP contribution in [0.25, 0.3) is 0 Å². The molecule has 10 heteroatoms. The lowest BCUT2D eigenvalue weighted by Gasteiger charge is -2.17. The molecule has 0 bridgehead atoms. The molecule has 20 heavy (non-hydrogen) atoms. The number of aliphatic hydroxyl groups is 3. The molecule has 0 amide bonds. The number of carboxylic acid groups (broad SMARTS) is 2. The molecule has 0 aromatic rings. The van der Waals surface area contributed by atoms with E-state index in [1.165, 1.54) is 0 Å². The predicted molar refractivity (Wildman–Crippen MR) is 72.2 cm³/mol. The maximum absolute atomic E-state index is 9.55. The Morgan fingerprint density at radius 3 is 1.15 bits per heavy atom. The molecule has 0 aromatic heterocycles. The summed E-state index contributed by atoms with van der Waals surface area (Å²) in [5.74, 6) is -2.51. The van der Waals surface area contributed by atoms with E-state index in [0.717, 1.165) is 0 Å². The number of carboxylic acids is 2. The highest BCUT2D eigenvalue weighted by Gasteiger charge is 2.00. The summed E-state index contributed by atoms with van der Waals surface area (Å²) in [6, 6.07) is 0. The van der Waals surface area contributed by atoms with E-state index in [9.17, 15) is 9.59 Å². The van der Waals surface area contributed by atoms with Crippen LogP contribution in [0.15, 0.2) is 12.2 Å². The number of nitrogens with zero attached hydrogens (tertiary/aromatic N) is 1. The fourth-order valence-electron chi connectivity index (χ4n) is 0.902. The van der Waals surface area contributed by atoms with Crippen molar-refractivity contribution in [2.45, 2.75) is 0 Å². The van der Waals surface area contributed by atoms with E-state index >= 15 is 0 Å². The number of aliphatic carboxylic acids is 2. The Balaban J connectivity index is -0.000000119. The van der Waals surface area contributed by atoms with Gasteiger partial charge in [-0.05, 0) is 0 Å². The largest absolute Gasteiger partial charge is 0.478 e. The maximum Gasteiger partial charge on any atom is 0.328 e. The molecule has 0 radical (unpaired) electrons. The summed E-state index contributed by atoms with van der Waals surface area (Å²) in [4.78, 5) is 20.9.